The Morgan fingerprint density at radius 2 is 1.93 bits per heavy atom. The number of aromatic nitrogens is 3. The lowest BCUT2D eigenvalue weighted by molar-refractivity contribution is 0.0994. The highest BCUT2D eigenvalue weighted by molar-refractivity contribution is 9.10. The van der Waals surface area contributed by atoms with Crippen molar-refractivity contribution in [1.82, 2.24) is 14.7 Å². The van der Waals surface area contributed by atoms with E-state index in [-0.39, 0.29) is 0 Å². The molecule has 2 aromatic heterocycles. The molecular formula is C21H21BrN4O. The number of nitrogen functional groups attached to an aromatic ring is 1. The monoisotopic (exact) mass is 424 g/mol. The first kappa shape index (κ1) is 17.8. The Hall–Kier alpha value is -2.60. The third-order valence-electron chi connectivity index (χ3n) is 4.56. The molecule has 0 aliphatic carbocycles. The third-order valence-corrected chi connectivity index (χ3v) is 5.05. The predicted octanol–water partition coefficient (Wildman–Crippen LogP) is 4.90. The van der Waals surface area contributed by atoms with Crippen molar-refractivity contribution in [2.45, 2.75) is 32.8 Å². The summed E-state index contributed by atoms with van der Waals surface area (Å²) in [6.45, 7) is 2.63. The van der Waals surface area contributed by atoms with Crippen LogP contribution in [0.15, 0.2) is 53.0 Å². The number of anilines is 1. The summed E-state index contributed by atoms with van der Waals surface area (Å²) in [5.74, 6) is 1.31. The zero-order valence-electron chi connectivity index (χ0n) is 15.2. The summed E-state index contributed by atoms with van der Waals surface area (Å²) in [7, 11) is 0. The lowest BCUT2D eigenvalue weighted by Crippen LogP contribution is -2.15. The number of hydrogen-bond donors (Lipinski definition) is 1. The van der Waals surface area contributed by atoms with Crippen LogP contribution in [0.2, 0.25) is 0 Å². The number of halogens is 1. The van der Waals surface area contributed by atoms with Gasteiger partial charge in [-0.1, -0.05) is 59.6 Å². The van der Waals surface area contributed by atoms with Gasteiger partial charge in [-0.25, -0.2) is 9.97 Å². The fraction of sp³-hybridized carbons (Fsp3) is 0.238. The number of hydrogen-bond acceptors (Lipinski definition) is 4. The molecule has 2 aromatic carbocycles. The van der Waals surface area contributed by atoms with Crippen LogP contribution in [0.1, 0.15) is 31.2 Å². The summed E-state index contributed by atoms with van der Waals surface area (Å²) in [4.78, 5) is 15.5. The number of benzene rings is 2. The highest BCUT2D eigenvalue weighted by Crippen LogP contribution is 2.30. The molecular weight excluding hydrogens is 404 g/mol. The molecule has 2 N–H and O–H groups in total. The van der Waals surface area contributed by atoms with Crippen molar-refractivity contribution in [1.29, 1.82) is 0 Å². The number of pyridine rings is 1. The number of rotatable bonds is 6. The first-order valence-electron chi connectivity index (χ1n) is 9.10. The fourth-order valence-corrected chi connectivity index (χ4v) is 3.54. The molecule has 4 aromatic rings. The second-order valence-corrected chi connectivity index (χ2v) is 7.46. The molecule has 27 heavy (non-hydrogen) atoms. The Kier molecular flexibility index (Phi) is 4.99. The van der Waals surface area contributed by atoms with Gasteiger partial charge in [-0.2, -0.15) is 4.73 Å². The maximum Gasteiger partial charge on any atom is 0.152 e. The van der Waals surface area contributed by atoms with Crippen LogP contribution < -0.4 is 10.6 Å². The predicted molar refractivity (Wildman–Crippen MR) is 112 cm³/mol. The molecule has 0 aliphatic rings. The summed E-state index contributed by atoms with van der Waals surface area (Å²) >= 11 is 3.51. The van der Waals surface area contributed by atoms with Crippen LogP contribution in [-0.2, 0) is 13.0 Å². The van der Waals surface area contributed by atoms with Gasteiger partial charge in [0.25, 0.3) is 0 Å². The van der Waals surface area contributed by atoms with Gasteiger partial charge in [0.1, 0.15) is 23.5 Å². The number of nitrogens with zero attached hydrogens (tertiary/aromatic N) is 3. The average molecular weight is 425 g/mol. The van der Waals surface area contributed by atoms with Crippen LogP contribution in [0.4, 0.5) is 5.82 Å². The summed E-state index contributed by atoms with van der Waals surface area (Å²) in [6.07, 6.45) is 2.95. The van der Waals surface area contributed by atoms with Crippen molar-refractivity contribution in [2.75, 3.05) is 5.73 Å². The Bertz CT molecular complexity index is 1090. The lowest BCUT2D eigenvalue weighted by atomic mass is 10.2. The normalized spacial score (nSPS) is 11.3. The molecule has 0 aliphatic heterocycles. The van der Waals surface area contributed by atoms with E-state index in [2.05, 4.69) is 40.0 Å². The smallest absolute Gasteiger partial charge is 0.152 e. The number of aryl methyl sites for hydroxylation is 1. The summed E-state index contributed by atoms with van der Waals surface area (Å²) in [5, 5.41) is 0.978. The van der Waals surface area contributed by atoms with E-state index in [1.54, 1.807) is 0 Å². The molecule has 0 saturated carbocycles. The van der Waals surface area contributed by atoms with Crippen LogP contribution in [-0.4, -0.2) is 14.7 Å². The van der Waals surface area contributed by atoms with Gasteiger partial charge in [0.15, 0.2) is 5.82 Å². The van der Waals surface area contributed by atoms with Crippen molar-refractivity contribution < 1.29 is 4.84 Å². The summed E-state index contributed by atoms with van der Waals surface area (Å²) in [5.41, 5.74) is 9.74. The number of imidazole rings is 1. The number of nitrogens with two attached hydrogens (primary N) is 1. The molecule has 0 saturated heterocycles. The van der Waals surface area contributed by atoms with Gasteiger partial charge in [-0.3, -0.25) is 0 Å². The van der Waals surface area contributed by atoms with Crippen LogP contribution in [0.25, 0.3) is 21.9 Å². The van der Waals surface area contributed by atoms with Crippen LogP contribution in [0.5, 0.6) is 0 Å². The van der Waals surface area contributed by atoms with Crippen molar-refractivity contribution in [3.8, 4) is 0 Å². The standard InChI is InChI=1S/C21H21BrN4O/c1-2-3-9-18-25-19-20(26(18)27-13-14-7-5-4-6-8-14)16-11-10-15(22)12-17(16)24-21(19)23/h4-8,10-12H,2-3,9,13H2,1H3,(H2,23,24). The molecule has 0 atom stereocenters. The van der Waals surface area contributed by atoms with E-state index in [9.17, 15) is 0 Å². The molecule has 0 radical (unpaired) electrons. The first-order valence-corrected chi connectivity index (χ1v) is 9.90. The molecule has 0 amide bonds. The Balaban J connectivity index is 1.87. The fourth-order valence-electron chi connectivity index (χ4n) is 3.19. The molecule has 138 valence electrons. The largest absolute Gasteiger partial charge is 0.407 e. The topological polar surface area (TPSA) is 66.0 Å². The molecule has 5 nitrogen and oxygen atoms in total. The Morgan fingerprint density at radius 3 is 2.70 bits per heavy atom. The second kappa shape index (κ2) is 7.56. The van der Waals surface area contributed by atoms with Crippen LogP contribution >= 0.6 is 15.9 Å². The van der Waals surface area contributed by atoms with Crippen molar-refractivity contribution in [2.24, 2.45) is 0 Å². The van der Waals surface area contributed by atoms with E-state index in [1.807, 2.05) is 41.1 Å². The van der Waals surface area contributed by atoms with Gasteiger partial charge in [0.2, 0.25) is 0 Å². The minimum atomic E-state index is 0.426. The zero-order valence-corrected chi connectivity index (χ0v) is 16.7. The van der Waals surface area contributed by atoms with Gasteiger partial charge in [0.05, 0.1) is 5.52 Å². The zero-order chi connectivity index (χ0) is 18.8. The van der Waals surface area contributed by atoms with E-state index in [0.717, 1.165) is 51.5 Å². The van der Waals surface area contributed by atoms with Gasteiger partial charge in [0, 0.05) is 16.3 Å². The van der Waals surface area contributed by atoms with Gasteiger partial charge >= 0.3 is 0 Å². The van der Waals surface area contributed by atoms with Gasteiger partial charge in [-0.15, -0.1) is 0 Å². The maximum atomic E-state index is 6.23. The summed E-state index contributed by atoms with van der Waals surface area (Å²) < 4.78 is 2.82. The highest BCUT2D eigenvalue weighted by Gasteiger charge is 2.18. The molecule has 4 rings (SSSR count). The average Bonchev–Trinajstić information content (AvgIpc) is 3.04. The second-order valence-electron chi connectivity index (χ2n) is 6.54. The van der Waals surface area contributed by atoms with Gasteiger partial charge < -0.3 is 10.6 Å². The van der Waals surface area contributed by atoms with Crippen LogP contribution in [0, 0.1) is 0 Å². The van der Waals surface area contributed by atoms with E-state index in [4.69, 9.17) is 15.6 Å². The Morgan fingerprint density at radius 1 is 1.11 bits per heavy atom. The molecule has 0 spiro atoms. The van der Waals surface area contributed by atoms with Gasteiger partial charge in [-0.05, 0) is 30.2 Å². The maximum absolute atomic E-state index is 6.23. The number of unbranched alkanes of at least 4 members (excludes halogenated alkanes) is 1. The molecule has 0 fully saturated rings. The number of fused-ring (bicyclic) bond motifs is 3. The van der Waals surface area contributed by atoms with Crippen molar-refractivity contribution in [3.63, 3.8) is 0 Å². The van der Waals surface area contributed by atoms with E-state index in [0.29, 0.717) is 17.9 Å². The van der Waals surface area contributed by atoms with E-state index < -0.39 is 0 Å². The summed E-state index contributed by atoms with van der Waals surface area (Å²) in [6, 6.07) is 16.1. The third kappa shape index (κ3) is 3.49. The highest BCUT2D eigenvalue weighted by atomic mass is 79.9. The van der Waals surface area contributed by atoms with E-state index in [1.165, 1.54) is 0 Å². The van der Waals surface area contributed by atoms with Crippen molar-refractivity contribution in [3.05, 3.63) is 64.4 Å². The molecule has 0 bridgehead atoms. The lowest BCUT2D eigenvalue weighted by Gasteiger charge is -2.12. The molecule has 0 unspecified atom stereocenters. The SMILES string of the molecule is CCCCc1nc2c(N)nc3cc(Br)ccc3c2n1OCc1ccccc1. The Labute approximate surface area is 166 Å². The molecule has 6 heteroatoms. The minimum absolute atomic E-state index is 0.426. The molecule has 2 heterocycles. The van der Waals surface area contributed by atoms with E-state index >= 15 is 0 Å². The minimum Gasteiger partial charge on any atom is -0.407 e. The quantitative estimate of drug-likeness (QED) is 0.477. The first-order chi connectivity index (χ1) is 13.2. The van der Waals surface area contributed by atoms with Crippen LogP contribution in [0.3, 0.4) is 0 Å². The van der Waals surface area contributed by atoms with Crippen molar-refractivity contribution >= 4 is 43.7 Å².